The number of carbonyl (C=O) groups excluding carboxylic acids is 2. The second kappa shape index (κ2) is 8.52. The number of rotatable bonds is 5. The fraction of sp³-hybridized carbons (Fsp3) is 0.222. The van der Waals surface area contributed by atoms with Gasteiger partial charge in [0.1, 0.15) is 5.82 Å². The zero-order valence-corrected chi connectivity index (χ0v) is 14.2. The molecule has 2 amide bonds. The van der Waals surface area contributed by atoms with Gasteiger partial charge in [0.2, 0.25) is 0 Å². The molecule has 0 spiro atoms. The van der Waals surface area contributed by atoms with Gasteiger partial charge in [-0.1, -0.05) is 24.3 Å². The summed E-state index contributed by atoms with van der Waals surface area (Å²) in [5, 5.41) is 4.64. The van der Waals surface area contributed by atoms with Gasteiger partial charge in [-0.15, -0.1) is 0 Å². The molecule has 0 bridgehead atoms. The highest BCUT2D eigenvalue weighted by Gasteiger charge is 2.34. The van der Waals surface area contributed by atoms with Crippen LogP contribution in [0, 0.1) is 5.82 Å². The van der Waals surface area contributed by atoms with Gasteiger partial charge in [-0.25, -0.2) is 14.0 Å². The van der Waals surface area contributed by atoms with Gasteiger partial charge in [0.25, 0.3) is 0 Å². The van der Waals surface area contributed by atoms with Gasteiger partial charge >= 0.3 is 18.2 Å². The molecule has 2 N–H and O–H groups in total. The zero-order chi connectivity index (χ0) is 20.0. The number of benzene rings is 2. The number of para-hydroxylation sites is 1. The van der Waals surface area contributed by atoms with E-state index in [0.29, 0.717) is 6.07 Å². The molecule has 0 saturated heterocycles. The average molecular weight is 384 g/mol. The van der Waals surface area contributed by atoms with Crippen LogP contribution in [0.4, 0.5) is 28.0 Å². The van der Waals surface area contributed by atoms with Crippen LogP contribution >= 0.6 is 0 Å². The van der Waals surface area contributed by atoms with E-state index in [-0.39, 0.29) is 23.4 Å². The lowest BCUT2D eigenvalue weighted by Crippen LogP contribution is -2.29. The Morgan fingerprint density at radius 3 is 2.44 bits per heavy atom. The first-order valence-corrected chi connectivity index (χ1v) is 7.89. The van der Waals surface area contributed by atoms with Crippen molar-refractivity contribution in [2.45, 2.75) is 19.6 Å². The number of nitrogens with one attached hydrogen (secondary N) is 2. The van der Waals surface area contributed by atoms with E-state index in [0.717, 1.165) is 12.1 Å². The molecule has 0 radical (unpaired) electrons. The molecule has 2 aromatic rings. The van der Waals surface area contributed by atoms with Gasteiger partial charge in [-0.2, -0.15) is 13.2 Å². The lowest BCUT2D eigenvalue weighted by Gasteiger charge is -2.13. The van der Waals surface area contributed by atoms with Gasteiger partial charge in [0, 0.05) is 12.1 Å². The minimum atomic E-state index is -4.83. The highest BCUT2D eigenvalue weighted by molar-refractivity contribution is 6.00. The summed E-state index contributed by atoms with van der Waals surface area (Å²) in [5.74, 6) is -2.09. The minimum absolute atomic E-state index is 0.111. The van der Waals surface area contributed by atoms with Gasteiger partial charge in [0.05, 0.1) is 23.4 Å². The third-order valence-corrected chi connectivity index (χ3v) is 3.49. The van der Waals surface area contributed by atoms with Crippen molar-refractivity contribution >= 4 is 17.7 Å². The summed E-state index contributed by atoms with van der Waals surface area (Å²) >= 11 is 0. The van der Waals surface area contributed by atoms with Crippen LogP contribution in [0.15, 0.2) is 42.5 Å². The highest BCUT2D eigenvalue weighted by atomic mass is 19.4. The highest BCUT2D eigenvalue weighted by Crippen LogP contribution is 2.32. The van der Waals surface area contributed by atoms with Gasteiger partial charge in [-0.05, 0) is 25.1 Å². The first-order valence-electron chi connectivity index (χ1n) is 7.89. The molecular formula is C18H16F4N2O3. The second-order valence-corrected chi connectivity index (χ2v) is 5.35. The Labute approximate surface area is 152 Å². The first kappa shape index (κ1) is 20.2. The maximum absolute atomic E-state index is 13.9. The molecule has 0 aliphatic rings. The summed E-state index contributed by atoms with van der Waals surface area (Å²) in [4.78, 5) is 23.8. The smallest absolute Gasteiger partial charge is 0.419 e. The monoisotopic (exact) mass is 384 g/mol. The topological polar surface area (TPSA) is 67.4 Å². The Balaban J connectivity index is 2.07. The molecule has 0 aliphatic heterocycles. The number of esters is 1. The molecule has 0 fully saturated rings. The van der Waals surface area contributed by atoms with E-state index in [2.05, 4.69) is 10.6 Å². The summed E-state index contributed by atoms with van der Waals surface area (Å²) < 4.78 is 57.0. The molecule has 0 atom stereocenters. The maximum atomic E-state index is 13.9. The lowest BCUT2D eigenvalue weighted by atomic mass is 10.1. The molecule has 9 heteroatoms. The van der Waals surface area contributed by atoms with Crippen LogP contribution in [-0.2, 0) is 17.5 Å². The summed E-state index contributed by atoms with van der Waals surface area (Å²) in [6.45, 7) is 1.31. The summed E-state index contributed by atoms with van der Waals surface area (Å²) in [6.07, 6.45) is -4.83. The molecule has 2 rings (SSSR count). The summed E-state index contributed by atoms with van der Waals surface area (Å²) in [6, 6.07) is 8.04. The van der Waals surface area contributed by atoms with Crippen molar-refractivity contribution in [3.63, 3.8) is 0 Å². The van der Waals surface area contributed by atoms with Crippen LogP contribution < -0.4 is 10.6 Å². The Hall–Kier alpha value is -3.10. The number of amides is 2. The van der Waals surface area contributed by atoms with E-state index in [4.69, 9.17) is 4.74 Å². The van der Waals surface area contributed by atoms with Crippen molar-refractivity contribution in [2.75, 3.05) is 11.9 Å². The summed E-state index contributed by atoms with van der Waals surface area (Å²) in [5.41, 5.74) is -1.47. The number of hydrogen-bond acceptors (Lipinski definition) is 3. The first-order chi connectivity index (χ1) is 12.7. The van der Waals surface area contributed by atoms with Gasteiger partial charge in [-0.3, -0.25) is 0 Å². The number of hydrogen-bond donors (Lipinski definition) is 2. The van der Waals surface area contributed by atoms with Gasteiger partial charge < -0.3 is 15.4 Å². The second-order valence-electron chi connectivity index (χ2n) is 5.35. The number of urea groups is 1. The normalized spacial score (nSPS) is 11.0. The Morgan fingerprint density at radius 1 is 1.07 bits per heavy atom. The van der Waals surface area contributed by atoms with Crippen LogP contribution in [0.3, 0.4) is 0 Å². The number of ether oxygens (including phenoxy) is 1. The molecule has 0 unspecified atom stereocenters. The van der Waals surface area contributed by atoms with Crippen molar-refractivity contribution in [3.05, 3.63) is 65.0 Å². The van der Waals surface area contributed by atoms with Crippen molar-refractivity contribution < 1.29 is 31.9 Å². The average Bonchev–Trinajstić information content (AvgIpc) is 2.60. The lowest BCUT2D eigenvalue weighted by molar-refractivity contribution is -0.140. The van der Waals surface area contributed by atoms with E-state index in [9.17, 15) is 27.2 Å². The number of alkyl halides is 3. The summed E-state index contributed by atoms with van der Waals surface area (Å²) in [7, 11) is 0. The Bertz CT molecular complexity index is 838. The minimum Gasteiger partial charge on any atom is -0.462 e. The van der Waals surface area contributed by atoms with Crippen molar-refractivity contribution in [1.82, 2.24) is 5.32 Å². The number of halogens is 4. The van der Waals surface area contributed by atoms with E-state index in [1.807, 2.05) is 0 Å². The van der Waals surface area contributed by atoms with E-state index < -0.39 is 36.1 Å². The van der Waals surface area contributed by atoms with Crippen LogP contribution in [0.1, 0.15) is 28.4 Å². The van der Waals surface area contributed by atoms with Crippen molar-refractivity contribution in [3.8, 4) is 0 Å². The fourth-order valence-electron chi connectivity index (χ4n) is 2.26. The third kappa shape index (κ3) is 5.19. The predicted octanol–water partition coefficient (Wildman–Crippen LogP) is 4.34. The molecule has 144 valence electrons. The SMILES string of the molecule is CCOC(=O)c1ccccc1NC(=O)NCc1cccc(C(F)(F)F)c1F. The van der Waals surface area contributed by atoms with Crippen LogP contribution in [0.2, 0.25) is 0 Å². The number of anilines is 1. The Kier molecular flexibility index (Phi) is 6.38. The van der Waals surface area contributed by atoms with Gasteiger partial charge in [0.15, 0.2) is 0 Å². The molecule has 0 heterocycles. The number of carbonyl (C=O) groups is 2. The molecule has 0 aliphatic carbocycles. The van der Waals surface area contributed by atoms with E-state index in [1.54, 1.807) is 19.1 Å². The van der Waals surface area contributed by atoms with Crippen LogP contribution in [0.25, 0.3) is 0 Å². The molecule has 27 heavy (non-hydrogen) atoms. The predicted molar refractivity (Wildman–Crippen MR) is 89.7 cm³/mol. The fourth-order valence-corrected chi connectivity index (χ4v) is 2.26. The van der Waals surface area contributed by atoms with Crippen LogP contribution in [0.5, 0.6) is 0 Å². The van der Waals surface area contributed by atoms with E-state index >= 15 is 0 Å². The van der Waals surface area contributed by atoms with Crippen LogP contribution in [-0.4, -0.2) is 18.6 Å². The zero-order valence-electron chi connectivity index (χ0n) is 14.2. The standard InChI is InChI=1S/C18H16F4N2O3/c1-2-27-16(25)12-7-3-4-9-14(12)24-17(26)23-10-11-6-5-8-13(15(11)19)18(20,21)22/h3-9H,2,10H2,1H3,(H2,23,24,26). The third-order valence-electron chi connectivity index (χ3n) is 3.49. The Morgan fingerprint density at radius 2 is 1.78 bits per heavy atom. The molecule has 0 aromatic heterocycles. The molecular weight excluding hydrogens is 368 g/mol. The molecule has 2 aromatic carbocycles. The largest absolute Gasteiger partial charge is 0.462 e. The maximum Gasteiger partial charge on any atom is 0.419 e. The van der Waals surface area contributed by atoms with E-state index in [1.165, 1.54) is 12.1 Å². The van der Waals surface area contributed by atoms with Crippen molar-refractivity contribution in [2.24, 2.45) is 0 Å². The van der Waals surface area contributed by atoms with Crippen molar-refractivity contribution in [1.29, 1.82) is 0 Å². The quantitative estimate of drug-likeness (QED) is 0.595. The molecule has 5 nitrogen and oxygen atoms in total. The molecule has 0 saturated carbocycles.